The summed E-state index contributed by atoms with van der Waals surface area (Å²) >= 11 is 6.71. The predicted molar refractivity (Wildman–Crippen MR) is 110 cm³/mol. The molecule has 27 heavy (non-hydrogen) atoms. The molecule has 1 aliphatic carbocycles. The Hall–Kier alpha value is -3.24. The van der Waals surface area contributed by atoms with E-state index in [9.17, 15) is 4.79 Å². The monoisotopic (exact) mass is 374 g/mol. The number of fused-ring (bicyclic) bond motifs is 6. The van der Waals surface area contributed by atoms with E-state index in [-0.39, 0.29) is 0 Å². The van der Waals surface area contributed by atoms with E-state index in [4.69, 9.17) is 16.3 Å². The Morgan fingerprint density at radius 3 is 2.04 bits per heavy atom. The summed E-state index contributed by atoms with van der Waals surface area (Å²) in [5.74, 6) is -0.398. The highest BCUT2D eigenvalue weighted by molar-refractivity contribution is 6.52. The van der Waals surface area contributed by atoms with Gasteiger partial charge in [-0.15, -0.1) is 0 Å². The molecule has 4 aromatic rings. The summed E-state index contributed by atoms with van der Waals surface area (Å²) < 4.78 is 5.08. The van der Waals surface area contributed by atoms with Crippen LogP contribution in [0.5, 0.6) is 0 Å². The van der Waals surface area contributed by atoms with E-state index >= 15 is 0 Å². The lowest BCUT2D eigenvalue weighted by Crippen LogP contribution is -2.06. The molecule has 2 aromatic carbocycles. The van der Waals surface area contributed by atoms with Crippen LogP contribution >= 0.6 is 11.6 Å². The van der Waals surface area contributed by atoms with E-state index < -0.39 is 5.97 Å². The average molecular weight is 375 g/mol. The molecule has 0 aliphatic heterocycles. The third kappa shape index (κ3) is 2.34. The topological polar surface area (TPSA) is 57.9 Å². The number of carbonyl (C=O) groups excluding carboxylic acids is 1. The second-order valence-electron chi connectivity index (χ2n) is 6.46. The molecule has 0 saturated carbocycles. The molecule has 2 heterocycles. The number of hydrogen-bond acceptors (Lipinski definition) is 2. The first-order valence-electron chi connectivity index (χ1n) is 8.56. The molecule has 0 unspecified atom stereocenters. The van der Waals surface area contributed by atoms with Gasteiger partial charge < -0.3 is 14.7 Å². The van der Waals surface area contributed by atoms with Crippen LogP contribution in [-0.2, 0) is 9.53 Å². The summed E-state index contributed by atoms with van der Waals surface area (Å²) in [5.41, 5.74) is 5.61. The fraction of sp³-hybridized carbons (Fsp3) is 0.0455. The number of aromatic nitrogens is 2. The molecule has 0 amide bonds. The van der Waals surface area contributed by atoms with Gasteiger partial charge in [-0.1, -0.05) is 48.0 Å². The van der Waals surface area contributed by atoms with Gasteiger partial charge >= 0.3 is 5.97 Å². The standard InChI is InChI=1S/C22H15ClN2O2/c1-27-22(26)16-10-14-12-6-2-5-9-19(12)25-21(14)17(23)11-15-13-7-3-4-8-18(13)24-20(15)16/h2-11,24-25H,1H3/b14-10?,15-11?,16-10+,17-11+,20-16?,21-17?. The highest BCUT2D eigenvalue weighted by Gasteiger charge is 2.24. The van der Waals surface area contributed by atoms with Crippen LogP contribution in [0.3, 0.4) is 0 Å². The Labute approximate surface area is 160 Å². The van der Waals surface area contributed by atoms with Crippen LogP contribution in [0.15, 0.2) is 48.5 Å². The third-order valence-corrected chi connectivity index (χ3v) is 5.26. The molecular formula is C22H15ClN2O2. The molecule has 0 fully saturated rings. The van der Waals surface area contributed by atoms with Crippen LogP contribution in [0, 0.1) is 0 Å². The normalized spacial score (nSPS) is 17.3. The molecule has 2 aromatic heterocycles. The van der Waals surface area contributed by atoms with Crippen molar-refractivity contribution in [1.82, 2.24) is 9.97 Å². The Morgan fingerprint density at radius 1 is 0.852 bits per heavy atom. The number of benzene rings is 2. The first kappa shape index (κ1) is 16.0. The number of halogens is 1. The molecule has 5 rings (SSSR count). The van der Waals surface area contributed by atoms with Gasteiger partial charge in [0.1, 0.15) is 0 Å². The van der Waals surface area contributed by atoms with Gasteiger partial charge in [0, 0.05) is 32.9 Å². The van der Waals surface area contributed by atoms with Crippen molar-refractivity contribution in [2.24, 2.45) is 0 Å². The van der Waals surface area contributed by atoms with Crippen molar-refractivity contribution in [1.29, 1.82) is 0 Å². The van der Waals surface area contributed by atoms with Crippen LogP contribution in [0.4, 0.5) is 0 Å². The zero-order chi connectivity index (χ0) is 18.5. The number of hydrogen-bond donors (Lipinski definition) is 2. The van der Waals surface area contributed by atoms with Crippen molar-refractivity contribution in [2.75, 3.05) is 7.11 Å². The third-order valence-electron chi connectivity index (χ3n) is 4.97. The maximum atomic E-state index is 12.6. The second kappa shape index (κ2) is 5.89. The number of aromatic amines is 2. The predicted octanol–water partition coefficient (Wildman–Crippen LogP) is 5.41. The van der Waals surface area contributed by atoms with Crippen LogP contribution in [0.25, 0.3) is 44.6 Å². The summed E-state index contributed by atoms with van der Waals surface area (Å²) in [5, 5.41) is 2.59. The highest BCUT2D eigenvalue weighted by atomic mass is 35.5. The molecule has 2 N–H and O–H groups in total. The van der Waals surface area contributed by atoms with Gasteiger partial charge in [0.2, 0.25) is 0 Å². The fourth-order valence-corrected chi connectivity index (χ4v) is 3.97. The zero-order valence-electron chi connectivity index (χ0n) is 14.5. The van der Waals surface area contributed by atoms with Gasteiger partial charge in [-0.05, 0) is 24.3 Å². The van der Waals surface area contributed by atoms with Crippen LogP contribution in [0.1, 0.15) is 22.5 Å². The number of esters is 1. The lowest BCUT2D eigenvalue weighted by molar-refractivity contribution is -0.133. The first-order valence-corrected chi connectivity index (χ1v) is 8.94. The van der Waals surface area contributed by atoms with Gasteiger partial charge in [0.15, 0.2) is 0 Å². The van der Waals surface area contributed by atoms with E-state index in [0.717, 1.165) is 38.6 Å². The molecule has 5 heteroatoms. The smallest absolute Gasteiger partial charge is 0.340 e. The molecule has 0 radical (unpaired) electrons. The number of H-pyrrole nitrogens is 2. The first-order chi connectivity index (χ1) is 13.2. The largest absolute Gasteiger partial charge is 0.465 e. The van der Waals surface area contributed by atoms with Crippen molar-refractivity contribution in [2.45, 2.75) is 0 Å². The van der Waals surface area contributed by atoms with Crippen molar-refractivity contribution in [3.63, 3.8) is 0 Å². The lowest BCUT2D eigenvalue weighted by atomic mass is 9.98. The maximum Gasteiger partial charge on any atom is 0.340 e. The SMILES string of the molecule is COC(=O)/C1=C/c2c([nH]c3ccccc23)/C(Cl)=C\c2c1[nH]c1ccccc21. The number of carbonyl (C=O) groups is 1. The molecule has 0 spiro atoms. The van der Waals surface area contributed by atoms with E-state index in [1.54, 1.807) is 0 Å². The van der Waals surface area contributed by atoms with Crippen molar-refractivity contribution in [3.8, 4) is 0 Å². The molecule has 0 atom stereocenters. The minimum atomic E-state index is -0.398. The average Bonchev–Trinajstić information content (AvgIpc) is 3.23. The van der Waals surface area contributed by atoms with Crippen LogP contribution in [-0.4, -0.2) is 23.0 Å². The van der Waals surface area contributed by atoms with Crippen LogP contribution in [0.2, 0.25) is 0 Å². The summed E-state index contributed by atoms with van der Waals surface area (Å²) in [6.45, 7) is 0. The van der Waals surface area contributed by atoms with Crippen molar-refractivity contribution < 1.29 is 9.53 Å². The Kier molecular flexibility index (Phi) is 3.49. The Balaban J connectivity index is 1.91. The van der Waals surface area contributed by atoms with Crippen molar-refractivity contribution >= 4 is 62.1 Å². The number of rotatable bonds is 1. The van der Waals surface area contributed by atoms with E-state index in [1.807, 2.05) is 60.7 Å². The molecule has 132 valence electrons. The summed E-state index contributed by atoms with van der Waals surface area (Å²) in [6.07, 6.45) is 3.75. The van der Waals surface area contributed by atoms with Gasteiger partial charge in [-0.3, -0.25) is 0 Å². The minimum absolute atomic E-state index is 0.398. The van der Waals surface area contributed by atoms with E-state index in [0.29, 0.717) is 16.3 Å². The quantitative estimate of drug-likeness (QED) is 0.437. The van der Waals surface area contributed by atoms with Gasteiger partial charge in [0.05, 0.1) is 29.1 Å². The second-order valence-corrected chi connectivity index (χ2v) is 6.87. The van der Waals surface area contributed by atoms with Gasteiger partial charge in [0.25, 0.3) is 0 Å². The zero-order valence-corrected chi connectivity index (χ0v) is 15.2. The molecule has 0 bridgehead atoms. The Bertz CT molecular complexity index is 1290. The number of methoxy groups -OCH3 is 1. The minimum Gasteiger partial charge on any atom is -0.465 e. The fourth-order valence-electron chi connectivity index (χ4n) is 3.71. The molecule has 0 saturated heterocycles. The van der Waals surface area contributed by atoms with E-state index in [1.165, 1.54) is 7.11 Å². The molecule has 4 nitrogen and oxygen atoms in total. The number of para-hydroxylation sites is 2. The van der Waals surface area contributed by atoms with Gasteiger partial charge in [-0.2, -0.15) is 0 Å². The highest BCUT2D eigenvalue weighted by Crippen LogP contribution is 2.39. The number of nitrogens with one attached hydrogen (secondary N) is 2. The summed E-state index contributed by atoms with van der Waals surface area (Å²) in [6, 6.07) is 15.8. The maximum absolute atomic E-state index is 12.6. The summed E-state index contributed by atoms with van der Waals surface area (Å²) in [4.78, 5) is 19.4. The lowest BCUT2D eigenvalue weighted by Gasteiger charge is -2.10. The van der Waals surface area contributed by atoms with Crippen molar-refractivity contribution in [3.05, 3.63) is 71.0 Å². The number of ether oxygens (including phenoxy) is 1. The summed E-state index contributed by atoms with van der Waals surface area (Å²) in [7, 11) is 1.39. The van der Waals surface area contributed by atoms with E-state index in [2.05, 4.69) is 9.97 Å². The Morgan fingerprint density at radius 2 is 1.41 bits per heavy atom. The molecule has 1 aliphatic rings. The van der Waals surface area contributed by atoms with Gasteiger partial charge in [-0.25, -0.2) is 4.79 Å². The van der Waals surface area contributed by atoms with Crippen LogP contribution < -0.4 is 0 Å². The molecular weight excluding hydrogens is 360 g/mol.